The molecule has 1 rings (SSSR count). The highest BCUT2D eigenvalue weighted by Crippen LogP contribution is 2.20. The van der Waals surface area contributed by atoms with Gasteiger partial charge in [-0.3, -0.25) is 4.79 Å². The van der Waals surface area contributed by atoms with Crippen LogP contribution in [0.5, 0.6) is 0 Å². The van der Waals surface area contributed by atoms with Crippen LogP contribution in [0.2, 0.25) is 0 Å². The van der Waals surface area contributed by atoms with Crippen LogP contribution in [0.15, 0.2) is 6.33 Å². The van der Waals surface area contributed by atoms with Gasteiger partial charge in [-0.2, -0.15) is 0 Å². The lowest BCUT2D eigenvalue weighted by atomic mass is 10.3. The van der Waals surface area contributed by atoms with E-state index >= 15 is 0 Å². The average molecular weight is 251 g/mol. The lowest BCUT2D eigenvalue weighted by Gasteiger charge is -2.20. The van der Waals surface area contributed by atoms with E-state index in [1.165, 1.54) is 6.33 Å². The number of hydrogen-bond donors (Lipinski definition) is 2. The molecule has 2 N–H and O–H groups in total. The van der Waals surface area contributed by atoms with E-state index in [9.17, 15) is 4.79 Å². The summed E-state index contributed by atoms with van der Waals surface area (Å²) in [4.78, 5) is 21.6. The van der Waals surface area contributed by atoms with Crippen LogP contribution in [0.3, 0.4) is 0 Å². The van der Waals surface area contributed by atoms with Crippen molar-refractivity contribution in [3.05, 3.63) is 11.9 Å². The molecule has 0 aliphatic carbocycles. The molecule has 1 amide bonds. The Kier molecular flexibility index (Phi) is 5.35. The van der Waals surface area contributed by atoms with Crippen molar-refractivity contribution >= 4 is 17.5 Å². The number of carbonyl (C=O) groups excluding carboxylic acids is 1. The first-order chi connectivity index (χ1) is 8.60. The standard InChI is InChI=1S/C12H21N5O/c1-5-6-14-11-9(2)12(16-8-15-11)17(4)7-10(18)13-3/h8H,5-7H2,1-4H3,(H,13,18)(H,14,15,16). The Bertz CT molecular complexity index is 407. The number of nitrogens with zero attached hydrogens (tertiary/aromatic N) is 3. The van der Waals surface area contributed by atoms with Crippen molar-refractivity contribution in [1.29, 1.82) is 0 Å². The highest BCUT2D eigenvalue weighted by Gasteiger charge is 2.12. The van der Waals surface area contributed by atoms with Crippen molar-refractivity contribution in [2.24, 2.45) is 0 Å². The van der Waals surface area contributed by atoms with Crippen LogP contribution in [0, 0.1) is 6.92 Å². The third-order valence-corrected chi connectivity index (χ3v) is 2.62. The van der Waals surface area contributed by atoms with E-state index in [2.05, 4.69) is 27.5 Å². The first-order valence-corrected chi connectivity index (χ1v) is 6.07. The second-order valence-corrected chi connectivity index (χ2v) is 4.13. The Balaban J connectivity index is 2.85. The Morgan fingerprint density at radius 1 is 1.44 bits per heavy atom. The van der Waals surface area contributed by atoms with Gasteiger partial charge < -0.3 is 15.5 Å². The lowest BCUT2D eigenvalue weighted by molar-refractivity contribution is -0.119. The predicted molar refractivity (Wildman–Crippen MR) is 72.9 cm³/mol. The van der Waals surface area contributed by atoms with Gasteiger partial charge >= 0.3 is 0 Å². The molecular formula is C12H21N5O. The van der Waals surface area contributed by atoms with Crippen LogP contribution >= 0.6 is 0 Å². The van der Waals surface area contributed by atoms with Gasteiger partial charge in [0.05, 0.1) is 6.54 Å². The molecule has 100 valence electrons. The quantitative estimate of drug-likeness (QED) is 0.782. The van der Waals surface area contributed by atoms with E-state index in [-0.39, 0.29) is 12.5 Å². The van der Waals surface area contributed by atoms with E-state index in [0.29, 0.717) is 0 Å². The fourth-order valence-corrected chi connectivity index (χ4v) is 1.62. The summed E-state index contributed by atoms with van der Waals surface area (Å²) in [7, 11) is 3.46. The van der Waals surface area contributed by atoms with Gasteiger partial charge in [0.25, 0.3) is 0 Å². The highest BCUT2D eigenvalue weighted by atomic mass is 16.1. The monoisotopic (exact) mass is 251 g/mol. The summed E-state index contributed by atoms with van der Waals surface area (Å²) in [5.74, 6) is 1.55. The molecular weight excluding hydrogens is 230 g/mol. The molecule has 0 aliphatic heterocycles. The van der Waals surface area contributed by atoms with Crippen molar-refractivity contribution in [1.82, 2.24) is 15.3 Å². The van der Waals surface area contributed by atoms with E-state index in [0.717, 1.165) is 30.2 Å². The van der Waals surface area contributed by atoms with Gasteiger partial charge in [-0.15, -0.1) is 0 Å². The zero-order valence-corrected chi connectivity index (χ0v) is 11.4. The summed E-state index contributed by atoms with van der Waals surface area (Å²) in [6.07, 6.45) is 2.55. The Hall–Kier alpha value is -1.85. The fraction of sp³-hybridized carbons (Fsp3) is 0.583. The maximum Gasteiger partial charge on any atom is 0.239 e. The number of aromatic nitrogens is 2. The van der Waals surface area contributed by atoms with E-state index in [4.69, 9.17) is 0 Å². The molecule has 6 nitrogen and oxygen atoms in total. The summed E-state index contributed by atoms with van der Waals surface area (Å²) in [5.41, 5.74) is 0.956. The van der Waals surface area contributed by atoms with Crippen LogP contribution < -0.4 is 15.5 Å². The molecule has 1 aromatic heterocycles. The molecule has 1 heterocycles. The number of likely N-dealkylation sites (N-methyl/N-ethyl adjacent to an activating group) is 2. The molecule has 0 atom stereocenters. The summed E-state index contributed by atoms with van der Waals surface area (Å²) in [6, 6.07) is 0. The molecule has 0 radical (unpaired) electrons. The largest absolute Gasteiger partial charge is 0.370 e. The second-order valence-electron chi connectivity index (χ2n) is 4.13. The van der Waals surface area contributed by atoms with Gasteiger partial charge in [0.1, 0.15) is 18.0 Å². The first kappa shape index (κ1) is 14.2. The van der Waals surface area contributed by atoms with Gasteiger partial charge in [-0.25, -0.2) is 9.97 Å². The fourth-order valence-electron chi connectivity index (χ4n) is 1.62. The first-order valence-electron chi connectivity index (χ1n) is 6.07. The molecule has 0 aromatic carbocycles. The summed E-state index contributed by atoms with van der Waals surface area (Å²) >= 11 is 0. The van der Waals surface area contributed by atoms with Crippen molar-refractivity contribution in [3.63, 3.8) is 0 Å². The molecule has 0 saturated carbocycles. The predicted octanol–water partition coefficient (Wildman–Crippen LogP) is 0.789. The zero-order chi connectivity index (χ0) is 13.5. The minimum absolute atomic E-state index is 0.0430. The molecule has 0 unspecified atom stereocenters. The molecule has 0 fully saturated rings. The van der Waals surface area contributed by atoms with Crippen LogP contribution in [0.1, 0.15) is 18.9 Å². The molecule has 6 heteroatoms. The SMILES string of the molecule is CCCNc1ncnc(N(C)CC(=O)NC)c1C. The molecule has 0 spiro atoms. The minimum Gasteiger partial charge on any atom is -0.370 e. The highest BCUT2D eigenvalue weighted by molar-refractivity contribution is 5.81. The summed E-state index contributed by atoms with van der Waals surface area (Å²) < 4.78 is 0. The number of hydrogen-bond acceptors (Lipinski definition) is 5. The van der Waals surface area contributed by atoms with E-state index < -0.39 is 0 Å². The van der Waals surface area contributed by atoms with Crippen molar-refractivity contribution in [2.45, 2.75) is 20.3 Å². The zero-order valence-electron chi connectivity index (χ0n) is 11.4. The Morgan fingerprint density at radius 2 is 2.17 bits per heavy atom. The van der Waals surface area contributed by atoms with E-state index in [1.54, 1.807) is 7.05 Å². The van der Waals surface area contributed by atoms with Gasteiger partial charge in [-0.1, -0.05) is 6.92 Å². The third kappa shape index (κ3) is 3.58. The number of carbonyl (C=O) groups is 1. The summed E-state index contributed by atoms with van der Waals surface area (Å²) in [6.45, 7) is 5.20. The molecule has 1 aromatic rings. The minimum atomic E-state index is -0.0430. The number of anilines is 2. The Labute approximate surface area is 108 Å². The van der Waals surface area contributed by atoms with Gasteiger partial charge in [-0.05, 0) is 13.3 Å². The Morgan fingerprint density at radius 3 is 2.78 bits per heavy atom. The van der Waals surface area contributed by atoms with Crippen molar-refractivity contribution < 1.29 is 4.79 Å². The molecule has 0 aliphatic rings. The number of amides is 1. The second kappa shape index (κ2) is 6.78. The van der Waals surface area contributed by atoms with Gasteiger partial charge in [0.2, 0.25) is 5.91 Å². The maximum absolute atomic E-state index is 11.4. The van der Waals surface area contributed by atoms with Crippen LogP contribution in [-0.4, -0.2) is 43.1 Å². The van der Waals surface area contributed by atoms with Crippen molar-refractivity contribution in [2.75, 3.05) is 37.4 Å². The molecule has 0 saturated heterocycles. The van der Waals surface area contributed by atoms with E-state index in [1.807, 2.05) is 18.9 Å². The topological polar surface area (TPSA) is 70.2 Å². The smallest absolute Gasteiger partial charge is 0.239 e. The van der Waals surface area contributed by atoms with Crippen molar-refractivity contribution in [3.8, 4) is 0 Å². The van der Waals surface area contributed by atoms with Crippen LogP contribution in [0.25, 0.3) is 0 Å². The number of nitrogens with one attached hydrogen (secondary N) is 2. The maximum atomic E-state index is 11.4. The van der Waals surface area contributed by atoms with Crippen LogP contribution in [-0.2, 0) is 4.79 Å². The molecule has 0 bridgehead atoms. The van der Waals surface area contributed by atoms with Crippen LogP contribution in [0.4, 0.5) is 11.6 Å². The summed E-state index contributed by atoms with van der Waals surface area (Å²) in [5, 5.41) is 5.84. The number of rotatable bonds is 6. The van der Waals surface area contributed by atoms with Gasteiger partial charge in [0, 0.05) is 26.2 Å². The lowest BCUT2D eigenvalue weighted by Crippen LogP contribution is -2.33. The van der Waals surface area contributed by atoms with Gasteiger partial charge in [0.15, 0.2) is 0 Å². The normalized spacial score (nSPS) is 10.0. The third-order valence-electron chi connectivity index (χ3n) is 2.62. The average Bonchev–Trinajstić information content (AvgIpc) is 2.37. The molecule has 18 heavy (non-hydrogen) atoms.